The average molecular weight is 474 g/mol. The molecule has 8 rings (SSSR count). The van der Waals surface area contributed by atoms with Crippen LogP contribution in [0.1, 0.15) is 11.1 Å². The molecule has 0 unspecified atom stereocenters. The van der Waals surface area contributed by atoms with Gasteiger partial charge < -0.3 is 4.57 Å². The Morgan fingerprint density at radius 3 is 2.41 bits per heavy atom. The van der Waals surface area contributed by atoms with Crippen molar-refractivity contribution in [2.45, 2.75) is 12.8 Å². The number of hydrogen-bond acceptors (Lipinski definition) is 2. The van der Waals surface area contributed by atoms with E-state index in [4.69, 9.17) is 9.97 Å². The van der Waals surface area contributed by atoms with Gasteiger partial charge in [0.2, 0.25) is 0 Å². The van der Waals surface area contributed by atoms with Crippen LogP contribution >= 0.6 is 0 Å². The van der Waals surface area contributed by atoms with E-state index in [0.29, 0.717) is 0 Å². The van der Waals surface area contributed by atoms with E-state index in [1.165, 1.54) is 43.9 Å². The van der Waals surface area contributed by atoms with Crippen LogP contribution in [0.2, 0.25) is 0 Å². The molecule has 3 heteroatoms. The minimum Gasteiger partial charge on any atom is -0.309 e. The Balaban J connectivity index is 1.38. The van der Waals surface area contributed by atoms with E-state index < -0.39 is 0 Å². The fraction of sp³-hybridized carbons (Fsp3) is 0.0588. The van der Waals surface area contributed by atoms with Gasteiger partial charge in [-0.05, 0) is 65.8 Å². The molecule has 0 fully saturated rings. The van der Waals surface area contributed by atoms with Crippen LogP contribution in [0.5, 0.6) is 0 Å². The highest BCUT2D eigenvalue weighted by molar-refractivity contribution is 6.10. The number of pyridine rings is 2. The van der Waals surface area contributed by atoms with Crippen molar-refractivity contribution in [3.63, 3.8) is 0 Å². The lowest BCUT2D eigenvalue weighted by Crippen LogP contribution is -2.06. The summed E-state index contributed by atoms with van der Waals surface area (Å²) in [5, 5.41) is 4.86. The maximum absolute atomic E-state index is 4.81. The molecular weight excluding hydrogens is 450 g/mol. The first-order valence-corrected chi connectivity index (χ1v) is 12.8. The Labute approximate surface area is 214 Å². The van der Waals surface area contributed by atoms with Gasteiger partial charge in [-0.2, -0.15) is 0 Å². The van der Waals surface area contributed by atoms with Crippen molar-refractivity contribution in [3.8, 4) is 28.2 Å². The number of aryl methyl sites for hydroxylation is 2. The molecule has 0 N–H and O–H groups in total. The standard InChI is InChI=1S/C34H23N3/c1-2-7-26-21-36-31(18-24(26)6-1)25-14-16-29-28-9-3-4-10-32(28)37(33(29)19-25)27-15-13-22-11-12-23-8-5-17-35-34(23)30(22)20-27/h1-10,13-21H,11-12H2. The molecule has 0 spiro atoms. The third kappa shape index (κ3) is 3.14. The van der Waals surface area contributed by atoms with E-state index in [2.05, 4.69) is 102 Å². The first kappa shape index (κ1) is 20.4. The van der Waals surface area contributed by atoms with E-state index in [9.17, 15) is 0 Å². The zero-order chi connectivity index (χ0) is 24.3. The fourth-order valence-corrected chi connectivity index (χ4v) is 5.94. The van der Waals surface area contributed by atoms with Crippen molar-refractivity contribution >= 4 is 32.6 Å². The lowest BCUT2D eigenvalue weighted by atomic mass is 9.89. The van der Waals surface area contributed by atoms with Gasteiger partial charge in [-0.15, -0.1) is 0 Å². The Morgan fingerprint density at radius 1 is 0.595 bits per heavy atom. The molecule has 3 heterocycles. The number of aromatic nitrogens is 3. The molecule has 0 amide bonds. The molecule has 1 aliphatic rings. The molecule has 0 atom stereocenters. The highest BCUT2D eigenvalue weighted by atomic mass is 15.0. The average Bonchev–Trinajstić information content (AvgIpc) is 3.30. The summed E-state index contributed by atoms with van der Waals surface area (Å²) in [6, 6.07) is 37.1. The Morgan fingerprint density at radius 2 is 1.43 bits per heavy atom. The molecule has 0 radical (unpaired) electrons. The smallest absolute Gasteiger partial charge is 0.0737 e. The van der Waals surface area contributed by atoms with Gasteiger partial charge in [0.1, 0.15) is 0 Å². The number of nitrogens with zero attached hydrogens (tertiary/aromatic N) is 3. The van der Waals surface area contributed by atoms with Crippen molar-refractivity contribution in [1.29, 1.82) is 0 Å². The molecule has 4 aromatic carbocycles. The largest absolute Gasteiger partial charge is 0.309 e. The molecular formula is C34H23N3. The van der Waals surface area contributed by atoms with Gasteiger partial charge in [0, 0.05) is 45.4 Å². The summed E-state index contributed by atoms with van der Waals surface area (Å²) in [7, 11) is 0. The van der Waals surface area contributed by atoms with Crippen molar-refractivity contribution in [2.24, 2.45) is 0 Å². The number of hydrogen-bond donors (Lipinski definition) is 0. The van der Waals surface area contributed by atoms with E-state index in [1.54, 1.807) is 0 Å². The van der Waals surface area contributed by atoms with Gasteiger partial charge in [0.15, 0.2) is 0 Å². The summed E-state index contributed by atoms with van der Waals surface area (Å²) < 4.78 is 2.40. The van der Waals surface area contributed by atoms with Gasteiger partial charge in [0.25, 0.3) is 0 Å². The third-order valence-corrected chi connectivity index (χ3v) is 7.76. The van der Waals surface area contributed by atoms with E-state index in [0.717, 1.165) is 40.9 Å². The van der Waals surface area contributed by atoms with Crippen LogP contribution in [0, 0.1) is 0 Å². The van der Waals surface area contributed by atoms with Crippen LogP contribution in [-0.4, -0.2) is 14.5 Å². The lowest BCUT2D eigenvalue weighted by Gasteiger charge is -2.20. The second-order valence-corrected chi connectivity index (χ2v) is 9.85. The maximum atomic E-state index is 4.81. The predicted molar refractivity (Wildman–Crippen MR) is 152 cm³/mol. The van der Waals surface area contributed by atoms with Gasteiger partial charge in [-0.25, -0.2) is 0 Å². The van der Waals surface area contributed by atoms with Crippen LogP contribution in [0.3, 0.4) is 0 Å². The summed E-state index contributed by atoms with van der Waals surface area (Å²) in [6.45, 7) is 0. The number of benzene rings is 4. The van der Waals surface area contributed by atoms with Crippen molar-refractivity contribution < 1.29 is 0 Å². The lowest BCUT2D eigenvalue weighted by molar-refractivity contribution is 0.925. The van der Waals surface area contributed by atoms with Gasteiger partial charge in [-0.1, -0.05) is 66.7 Å². The van der Waals surface area contributed by atoms with E-state index >= 15 is 0 Å². The van der Waals surface area contributed by atoms with Crippen LogP contribution < -0.4 is 0 Å². The highest BCUT2D eigenvalue weighted by Crippen LogP contribution is 2.38. The summed E-state index contributed by atoms with van der Waals surface area (Å²) in [5.74, 6) is 0. The monoisotopic (exact) mass is 473 g/mol. The van der Waals surface area contributed by atoms with Gasteiger partial charge in [-0.3, -0.25) is 9.97 Å². The molecule has 1 aliphatic carbocycles. The summed E-state index contributed by atoms with van der Waals surface area (Å²) in [6.07, 6.45) is 5.98. The molecule has 7 aromatic rings. The van der Waals surface area contributed by atoms with Crippen LogP contribution in [0.4, 0.5) is 0 Å². The first-order chi connectivity index (χ1) is 18.3. The number of para-hydroxylation sites is 1. The quantitative estimate of drug-likeness (QED) is 0.254. The van der Waals surface area contributed by atoms with Crippen molar-refractivity contribution in [1.82, 2.24) is 14.5 Å². The Hall–Kier alpha value is -4.76. The second-order valence-electron chi connectivity index (χ2n) is 9.85. The summed E-state index contributed by atoms with van der Waals surface area (Å²) in [5.41, 5.74) is 10.7. The van der Waals surface area contributed by atoms with Gasteiger partial charge >= 0.3 is 0 Å². The molecule has 0 saturated heterocycles. The van der Waals surface area contributed by atoms with Crippen LogP contribution in [0.15, 0.2) is 116 Å². The van der Waals surface area contributed by atoms with Crippen molar-refractivity contribution in [3.05, 3.63) is 127 Å². The normalized spacial score (nSPS) is 12.6. The molecule has 0 bridgehead atoms. The summed E-state index contributed by atoms with van der Waals surface area (Å²) in [4.78, 5) is 9.57. The summed E-state index contributed by atoms with van der Waals surface area (Å²) >= 11 is 0. The first-order valence-electron chi connectivity index (χ1n) is 12.8. The minimum atomic E-state index is 0.987. The molecule has 0 aliphatic heterocycles. The predicted octanol–water partition coefficient (Wildman–Crippen LogP) is 8.16. The third-order valence-electron chi connectivity index (χ3n) is 7.76. The second kappa shape index (κ2) is 7.87. The fourth-order valence-electron chi connectivity index (χ4n) is 5.94. The minimum absolute atomic E-state index is 0.987. The Bertz CT molecular complexity index is 2000. The van der Waals surface area contributed by atoms with E-state index in [-0.39, 0.29) is 0 Å². The topological polar surface area (TPSA) is 30.7 Å². The maximum Gasteiger partial charge on any atom is 0.0737 e. The molecule has 3 aromatic heterocycles. The van der Waals surface area contributed by atoms with Crippen LogP contribution in [-0.2, 0) is 12.8 Å². The zero-order valence-electron chi connectivity index (χ0n) is 20.2. The molecule has 3 nitrogen and oxygen atoms in total. The molecule has 174 valence electrons. The van der Waals surface area contributed by atoms with Crippen LogP contribution in [0.25, 0.3) is 60.8 Å². The number of rotatable bonds is 2. The molecule has 37 heavy (non-hydrogen) atoms. The molecule has 0 saturated carbocycles. The number of fused-ring (bicyclic) bond motifs is 7. The highest BCUT2D eigenvalue weighted by Gasteiger charge is 2.19. The van der Waals surface area contributed by atoms with E-state index in [1.807, 2.05) is 18.5 Å². The SMILES string of the molecule is c1cnc2c(c1)CCc1ccc(-n3c4ccccc4c4ccc(-c5cc6ccccc6cn5)cc43)cc1-2. The zero-order valence-corrected chi connectivity index (χ0v) is 20.2. The van der Waals surface area contributed by atoms with Crippen molar-refractivity contribution in [2.75, 3.05) is 0 Å². The Kier molecular flexibility index (Phi) is 4.35. The van der Waals surface area contributed by atoms with Gasteiger partial charge in [0.05, 0.1) is 22.4 Å².